The summed E-state index contributed by atoms with van der Waals surface area (Å²) in [4.78, 5) is 22.2. The van der Waals surface area contributed by atoms with E-state index >= 15 is 0 Å². The van der Waals surface area contributed by atoms with Gasteiger partial charge in [0.25, 0.3) is 0 Å². The van der Waals surface area contributed by atoms with Gasteiger partial charge in [-0.1, -0.05) is 24.6 Å². The molecule has 0 fully saturated rings. The van der Waals surface area contributed by atoms with E-state index in [0.717, 1.165) is 11.3 Å². The van der Waals surface area contributed by atoms with Gasteiger partial charge in [-0.25, -0.2) is 14.4 Å². The summed E-state index contributed by atoms with van der Waals surface area (Å²) >= 11 is 6.07. The standard InChI is InChI=1S/C25H19ClFN3O2/c1-2-19-24(30-12-11-17(26)14-23(30)28-19)21(31)9-3-15-4-10-22-20(13-15)29-25(32-22)16-5-7-18(27)8-6-16/h4-8,10-14H,2-3,9H2,1H3. The van der Waals surface area contributed by atoms with Gasteiger partial charge in [0, 0.05) is 29.3 Å². The Morgan fingerprint density at radius 1 is 1.09 bits per heavy atom. The molecule has 5 aromatic rings. The van der Waals surface area contributed by atoms with Gasteiger partial charge in [0.05, 0.1) is 5.69 Å². The molecule has 3 heterocycles. The van der Waals surface area contributed by atoms with Gasteiger partial charge in [0.1, 0.15) is 22.7 Å². The Labute approximate surface area is 188 Å². The van der Waals surface area contributed by atoms with Gasteiger partial charge < -0.3 is 4.42 Å². The highest BCUT2D eigenvalue weighted by molar-refractivity contribution is 6.30. The van der Waals surface area contributed by atoms with Crippen molar-refractivity contribution in [3.8, 4) is 11.5 Å². The summed E-state index contributed by atoms with van der Waals surface area (Å²) in [6, 6.07) is 15.2. The van der Waals surface area contributed by atoms with Crippen LogP contribution in [-0.4, -0.2) is 20.2 Å². The van der Waals surface area contributed by atoms with E-state index in [2.05, 4.69) is 9.97 Å². The lowest BCUT2D eigenvalue weighted by atomic mass is 10.0. The van der Waals surface area contributed by atoms with Crippen molar-refractivity contribution < 1.29 is 13.6 Å². The Kier molecular flexibility index (Phi) is 5.23. The van der Waals surface area contributed by atoms with Crippen molar-refractivity contribution in [3.05, 3.63) is 88.6 Å². The van der Waals surface area contributed by atoms with Crippen molar-refractivity contribution >= 4 is 34.1 Å². The maximum absolute atomic E-state index is 13.2. The van der Waals surface area contributed by atoms with Crippen LogP contribution in [-0.2, 0) is 12.8 Å². The van der Waals surface area contributed by atoms with Crippen LogP contribution in [0, 0.1) is 5.82 Å². The summed E-state index contributed by atoms with van der Waals surface area (Å²) in [7, 11) is 0. The summed E-state index contributed by atoms with van der Waals surface area (Å²) in [5, 5.41) is 0.588. The maximum atomic E-state index is 13.2. The Bertz CT molecular complexity index is 1450. The number of carbonyl (C=O) groups is 1. The lowest BCUT2D eigenvalue weighted by Crippen LogP contribution is -2.08. The van der Waals surface area contributed by atoms with Gasteiger partial charge in [-0.2, -0.15) is 0 Å². The number of pyridine rings is 1. The zero-order valence-corrected chi connectivity index (χ0v) is 18.1. The number of nitrogens with zero attached hydrogens (tertiary/aromatic N) is 3. The molecule has 0 amide bonds. The predicted molar refractivity (Wildman–Crippen MR) is 122 cm³/mol. The number of fused-ring (bicyclic) bond motifs is 2. The Morgan fingerprint density at radius 3 is 2.69 bits per heavy atom. The molecule has 2 aromatic carbocycles. The number of rotatable bonds is 6. The summed E-state index contributed by atoms with van der Waals surface area (Å²) in [5.41, 5.74) is 5.10. The first kappa shape index (κ1) is 20.4. The molecule has 0 saturated heterocycles. The molecule has 0 aliphatic carbocycles. The predicted octanol–water partition coefficient (Wildman–Crippen LogP) is 6.31. The Hall–Kier alpha value is -3.51. The number of imidazole rings is 1. The Morgan fingerprint density at radius 2 is 1.91 bits per heavy atom. The van der Waals surface area contributed by atoms with Crippen molar-refractivity contribution in [1.82, 2.24) is 14.4 Å². The molecule has 5 rings (SSSR count). The van der Waals surface area contributed by atoms with E-state index in [9.17, 15) is 9.18 Å². The highest BCUT2D eigenvalue weighted by Gasteiger charge is 2.18. The minimum Gasteiger partial charge on any atom is -0.436 e. The minimum absolute atomic E-state index is 0.0314. The van der Waals surface area contributed by atoms with Crippen molar-refractivity contribution in [2.24, 2.45) is 0 Å². The van der Waals surface area contributed by atoms with E-state index in [4.69, 9.17) is 16.0 Å². The normalized spacial score (nSPS) is 11.5. The van der Waals surface area contributed by atoms with E-state index in [0.29, 0.717) is 58.2 Å². The van der Waals surface area contributed by atoms with Gasteiger partial charge >= 0.3 is 0 Å². The molecule has 32 heavy (non-hydrogen) atoms. The number of hydrogen-bond donors (Lipinski definition) is 0. The number of ketones is 1. The van der Waals surface area contributed by atoms with Gasteiger partial charge in [0.2, 0.25) is 5.89 Å². The fraction of sp³-hybridized carbons (Fsp3) is 0.160. The van der Waals surface area contributed by atoms with Crippen LogP contribution in [0.4, 0.5) is 4.39 Å². The van der Waals surface area contributed by atoms with Crippen LogP contribution in [0.1, 0.15) is 35.1 Å². The molecule has 0 radical (unpaired) electrons. The average molecular weight is 448 g/mol. The number of aryl methyl sites for hydroxylation is 2. The molecule has 3 aromatic heterocycles. The zero-order valence-electron chi connectivity index (χ0n) is 17.3. The third-order valence-corrected chi connectivity index (χ3v) is 5.68. The lowest BCUT2D eigenvalue weighted by molar-refractivity contribution is 0.0976. The molecule has 0 aliphatic rings. The quantitative estimate of drug-likeness (QED) is 0.286. The third kappa shape index (κ3) is 3.78. The molecule has 0 unspecified atom stereocenters. The molecule has 7 heteroatoms. The summed E-state index contributed by atoms with van der Waals surface area (Å²) < 4.78 is 20.8. The van der Waals surface area contributed by atoms with Crippen LogP contribution < -0.4 is 0 Å². The van der Waals surface area contributed by atoms with Crippen molar-refractivity contribution in [2.45, 2.75) is 26.2 Å². The second-order valence-corrected chi connectivity index (χ2v) is 8.02. The topological polar surface area (TPSA) is 60.4 Å². The molecule has 0 aliphatic heterocycles. The number of carbonyl (C=O) groups excluding carboxylic acids is 1. The van der Waals surface area contributed by atoms with E-state index in [1.807, 2.05) is 29.5 Å². The Balaban J connectivity index is 1.38. The van der Waals surface area contributed by atoms with Crippen LogP contribution in [0.3, 0.4) is 0 Å². The smallest absolute Gasteiger partial charge is 0.227 e. The van der Waals surface area contributed by atoms with Gasteiger partial charge in [-0.05, 0) is 60.9 Å². The fourth-order valence-electron chi connectivity index (χ4n) is 3.83. The van der Waals surface area contributed by atoms with E-state index in [-0.39, 0.29) is 11.6 Å². The SMILES string of the molecule is CCc1nc2cc(Cl)ccn2c1C(=O)CCc1ccc2oc(-c3ccc(F)cc3)nc2c1. The molecule has 0 saturated carbocycles. The molecule has 0 N–H and O–H groups in total. The first-order valence-corrected chi connectivity index (χ1v) is 10.7. The largest absolute Gasteiger partial charge is 0.436 e. The molecule has 5 nitrogen and oxygen atoms in total. The number of hydrogen-bond acceptors (Lipinski definition) is 4. The lowest BCUT2D eigenvalue weighted by Gasteiger charge is -2.04. The summed E-state index contributed by atoms with van der Waals surface area (Å²) in [6.07, 6.45) is 3.36. The second-order valence-electron chi connectivity index (χ2n) is 7.58. The molecule has 0 bridgehead atoms. The van der Waals surface area contributed by atoms with E-state index in [1.54, 1.807) is 30.5 Å². The number of Topliss-reactive ketones (excluding diaryl/α,β-unsaturated/α-hetero) is 1. The molecule has 0 spiro atoms. The van der Waals surface area contributed by atoms with Crippen LogP contribution in [0.2, 0.25) is 5.02 Å². The first-order valence-electron chi connectivity index (χ1n) is 10.4. The molecular weight excluding hydrogens is 429 g/mol. The average Bonchev–Trinajstić information content (AvgIpc) is 3.38. The van der Waals surface area contributed by atoms with Crippen molar-refractivity contribution in [3.63, 3.8) is 0 Å². The maximum Gasteiger partial charge on any atom is 0.227 e. The summed E-state index contributed by atoms with van der Waals surface area (Å²) in [6.45, 7) is 1.98. The van der Waals surface area contributed by atoms with Crippen LogP contribution >= 0.6 is 11.6 Å². The monoisotopic (exact) mass is 447 g/mol. The number of aromatic nitrogens is 3. The molecular formula is C25H19ClFN3O2. The molecule has 160 valence electrons. The van der Waals surface area contributed by atoms with Crippen LogP contribution in [0.15, 0.2) is 65.2 Å². The third-order valence-electron chi connectivity index (χ3n) is 5.44. The van der Waals surface area contributed by atoms with E-state index in [1.165, 1.54) is 12.1 Å². The highest BCUT2D eigenvalue weighted by atomic mass is 35.5. The van der Waals surface area contributed by atoms with Gasteiger partial charge in [0.15, 0.2) is 11.4 Å². The zero-order chi connectivity index (χ0) is 22.2. The first-order chi connectivity index (χ1) is 15.5. The number of halogens is 2. The second kappa shape index (κ2) is 8.20. The van der Waals surface area contributed by atoms with Crippen LogP contribution in [0.25, 0.3) is 28.2 Å². The van der Waals surface area contributed by atoms with Crippen molar-refractivity contribution in [1.29, 1.82) is 0 Å². The number of benzene rings is 2. The fourth-order valence-corrected chi connectivity index (χ4v) is 3.99. The van der Waals surface area contributed by atoms with Gasteiger partial charge in [-0.3, -0.25) is 9.20 Å². The van der Waals surface area contributed by atoms with Crippen molar-refractivity contribution in [2.75, 3.05) is 0 Å². The van der Waals surface area contributed by atoms with Crippen LogP contribution in [0.5, 0.6) is 0 Å². The summed E-state index contributed by atoms with van der Waals surface area (Å²) in [5.74, 6) is 0.159. The highest BCUT2D eigenvalue weighted by Crippen LogP contribution is 2.26. The molecule has 0 atom stereocenters. The van der Waals surface area contributed by atoms with E-state index < -0.39 is 0 Å². The minimum atomic E-state index is -0.308. The van der Waals surface area contributed by atoms with Gasteiger partial charge in [-0.15, -0.1) is 0 Å². The number of oxazole rings is 1.